The highest BCUT2D eigenvalue weighted by molar-refractivity contribution is 5.91. The van der Waals surface area contributed by atoms with Crippen LogP contribution in [-0.2, 0) is 18.9 Å². The van der Waals surface area contributed by atoms with Crippen LogP contribution >= 0.6 is 0 Å². The smallest absolute Gasteiger partial charge is 0.493 e. The van der Waals surface area contributed by atoms with Gasteiger partial charge in [0.05, 0.1) is 39.6 Å². The van der Waals surface area contributed by atoms with Gasteiger partial charge in [0, 0.05) is 0 Å². The normalized spacial score (nSPS) is 9.88. The highest BCUT2D eigenvalue weighted by Crippen LogP contribution is 2.29. The van der Waals surface area contributed by atoms with E-state index in [4.69, 9.17) is 28.4 Å². The van der Waals surface area contributed by atoms with Crippen molar-refractivity contribution in [1.29, 1.82) is 0 Å². The van der Waals surface area contributed by atoms with E-state index in [2.05, 4.69) is 9.47 Å². The third kappa shape index (κ3) is 7.02. The summed E-state index contributed by atoms with van der Waals surface area (Å²) in [5.41, 5.74) is 0.234. The summed E-state index contributed by atoms with van der Waals surface area (Å²) in [7, 11) is 4.96. The Hall–Kier alpha value is -4.48. The van der Waals surface area contributed by atoms with Gasteiger partial charge in [0.2, 0.25) is 0 Å². The number of hydrogen-bond acceptors (Lipinski definition) is 12. The van der Waals surface area contributed by atoms with Crippen molar-refractivity contribution in [3.63, 3.8) is 0 Å². The quantitative estimate of drug-likeness (QED) is 0.226. The lowest BCUT2D eigenvalue weighted by Gasteiger charge is -2.11. The fraction of sp³-hybridized carbons (Fsp3) is 0.273. The number of ether oxygens (including phenoxy) is 8. The molecule has 34 heavy (non-hydrogen) atoms. The minimum Gasteiger partial charge on any atom is -0.493 e. The van der Waals surface area contributed by atoms with Crippen LogP contribution in [-0.4, -0.2) is 65.9 Å². The topological polar surface area (TPSA) is 142 Å². The zero-order chi connectivity index (χ0) is 25.1. The number of methoxy groups -OCH3 is 4. The van der Waals surface area contributed by atoms with Gasteiger partial charge in [-0.3, -0.25) is 0 Å². The van der Waals surface area contributed by atoms with Crippen molar-refractivity contribution in [1.82, 2.24) is 0 Å². The largest absolute Gasteiger partial charge is 0.513 e. The number of benzene rings is 2. The van der Waals surface area contributed by atoms with Crippen LogP contribution in [0.25, 0.3) is 0 Å². The summed E-state index contributed by atoms with van der Waals surface area (Å²) in [4.78, 5) is 46.9. The Morgan fingerprint density at radius 1 is 0.588 bits per heavy atom. The summed E-state index contributed by atoms with van der Waals surface area (Å²) < 4.78 is 38.9. The van der Waals surface area contributed by atoms with Gasteiger partial charge in [-0.2, -0.15) is 0 Å². The Kier molecular flexibility index (Phi) is 9.50. The number of carbonyl (C=O) groups is 4. The molecule has 0 aliphatic carbocycles. The first-order chi connectivity index (χ1) is 16.3. The molecule has 0 saturated heterocycles. The second kappa shape index (κ2) is 12.5. The maximum Gasteiger partial charge on any atom is 0.513 e. The molecule has 2 rings (SSSR count). The van der Waals surface area contributed by atoms with Gasteiger partial charge in [-0.25, -0.2) is 19.2 Å². The highest BCUT2D eigenvalue weighted by Gasteiger charge is 2.17. The van der Waals surface area contributed by atoms with Crippen molar-refractivity contribution >= 4 is 24.2 Å². The molecule has 0 fully saturated rings. The van der Waals surface area contributed by atoms with Crippen molar-refractivity contribution in [3.05, 3.63) is 47.5 Å². The SMILES string of the molecule is COC(=O)Oc1ccc(C(=O)OCCOC(=O)c2ccc(OC(=O)OC)c(OC)c2)cc1OC. The van der Waals surface area contributed by atoms with Crippen LogP contribution < -0.4 is 18.9 Å². The Morgan fingerprint density at radius 3 is 1.29 bits per heavy atom. The van der Waals surface area contributed by atoms with Crippen molar-refractivity contribution in [2.45, 2.75) is 0 Å². The van der Waals surface area contributed by atoms with Crippen molar-refractivity contribution in [2.24, 2.45) is 0 Å². The molecule has 0 N–H and O–H groups in total. The third-order valence-corrected chi connectivity index (χ3v) is 4.07. The maximum absolute atomic E-state index is 12.2. The average Bonchev–Trinajstić information content (AvgIpc) is 2.86. The molecule has 0 radical (unpaired) electrons. The first-order valence-electron chi connectivity index (χ1n) is 9.54. The van der Waals surface area contributed by atoms with Crippen molar-refractivity contribution in [3.8, 4) is 23.0 Å². The second-order valence-electron chi connectivity index (χ2n) is 6.12. The molecule has 0 heterocycles. The number of esters is 2. The van der Waals surface area contributed by atoms with E-state index in [1.807, 2.05) is 0 Å². The Bertz CT molecular complexity index is 963. The first kappa shape index (κ1) is 25.8. The standard InChI is InChI=1S/C22H22O12/c1-27-17-11-13(5-7-15(17)33-21(25)29-3)19(23)31-9-10-32-20(24)14-6-8-16(18(12-14)28-2)34-22(26)30-4/h5-8,11-12H,9-10H2,1-4H3. The van der Waals surface area contributed by atoms with Crippen LogP contribution in [0.15, 0.2) is 36.4 Å². The molecule has 0 atom stereocenters. The summed E-state index contributed by atoms with van der Waals surface area (Å²) >= 11 is 0. The molecule has 0 saturated carbocycles. The summed E-state index contributed by atoms with van der Waals surface area (Å²) in [5, 5.41) is 0. The lowest BCUT2D eigenvalue weighted by atomic mass is 10.2. The van der Waals surface area contributed by atoms with E-state index in [-0.39, 0.29) is 47.3 Å². The molecule has 0 unspecified atom stereocenters. The highest BCUT2D eigenvalue weighted by atomic mass is 16.7. The molecular weight excluding hydrogens is 456 g/mol. The average molecular weight is 478 g/mol. The van der Waals surface area contributed by atoms with Gasteiger partial charge < -0.3 is 37.9 Å². The van der Waals surface area contributed by atoms with Crippen LogP contribution in [0.2, 0.25) is 0 Å². The molecule has 0 amide bonds. The molecular formula is C22H22O12. The zero-order valence-electron chi connectivity index (χ0n) is 18.8. The monoisotopic (exact) mass is 478 g/mol. The van der Waals surface area contributed by atoms with Crippen LogP contribution in [0, 0.1) is 0 Å². The van der Waals surface area contributed by atoms with Gasteiger partial charge in [0.1, 0.15) is 13.2 Å². The summed E-state index contributed by atoms with van der Waals surface area (Å²) in [6, 6.07) is 8.03. The van der Waals surface area contributed by atoms with E-state index in [9.17, 15) is 19.2 Å². The van der Waals surface area contributed by atoms with Crippen LogP contribution in [0.3, 0.4) is 0 Å². The lowest BCUT2D eigenvalue weighted by molar-refractivity contribution is 0.0265. The predicted octanol–water partition coefficient (Wildman–Crippen LogP) is 3.01. The molecule has 2 aromatic carbocycles. The molecule has 182 valence electrons. The van der Waals surface area contributed by atoms with E-state index in [0.29, 0.717) is 0 Å². The molecule has 12 heteroatoms. The number of hydrogen-bond donors (Lipinski definition) is 0. The Morgan fingerprint density at radius 2 is 0.971 bits per heavy atom. The second-order valence-corrected chi connectivity index (χ2v) is 6.12. The van der Waals surface area contributed by atoms with Gasteiger partial charge in [-0.05, 0) is 36.4 Å². The van der Waals surface area contributed by atoms with Gasteiger partial charge in [0.15, 0.2) is 23.0 Å². The van der Waals surface area contributed by atoms with Crippen molar-refractivity contribution < 1.29 is 57.1 Å². The molecule has 0 aromatic heterocycles. The minimum absolute atomic E-state index is 0.0539. The van der Waals surface area contributed by atoms with E-state index in [1.165, 1.54) is 50.6 Å². The maximum atomic E-state index is 12.2. The number of rotatable bonds is 9. The molecule has 12 nitrogen and oxygen atoms in total. The van der Waals surface area contributed by atoms with Gasteiger partial charge >= 0.3 is 24.2 Å². The molecule has 0 aliphatic rings. The molecule has 0 aliphatic heterocycles. The van der Waals surface area contributed by atoms with Gasteiger partial charge in [0.25, 0.3) is 0 Å². The molecule has 0 spiro atoms. The lowest BCUT2D eigenvalue weighted by Crippen LogP contribution is -2.15. The zero-order valence-corrected chi connectivity index (χ0v) is 18.8. The summed E-state index contributed by atoms with van der Waals surface area (Å²) in [5.74, 6) is -1.11. The molecule has 0 bridgehead atoms. The minimum atomic E-state index is -0.946. The van der Waals surface area contributed by atoms with Crippen LogP contribution in [0.4, 0.5) is 9.59 Å². The van der Waals surface area contributed by atoms with Crippen molar-refractivity contribution in [2.75, 3.05) is 41.7 Å². The number of carbonyl (C=O) groups excluding carboxylic acids is 4. The molecule has 2 aromatic rings. The van der Waals surface area contributed by atoms with E-state index in [1.54, 1.807) is 0 Å². The summed E-state index contributed by atoms with van der Waals surface area (Å²) in [6.45, 7) is -0.456. The summed E-state index contributed by atoms with van der Waals surface area (Å²) in [6.07, 6.45) is -1.89. The van der Waals surface area contributed by atoms with Crippen LogP contribution in [0.5, 0.6) is 23.0 Å². The van der Waals surface area contributed by atoms with E-state index >= 15 is 0 Å². The Labute approximate surface area is 194 Å². The fourth-order valence-corrected chi connectivity index (χ4v) is 2.46. The van der Waals surface area contributed by atoms with Gasteiger partial charge in [-0.1, -0.05) is 0 Å². The Balaban J connectivity index is 1.90. The predicted molar refractivity (Wildman–Crippen MR) is 113 cm³/mol. The first-order valence-corrected chi connectivity index (χ1v) is 9.54. The van der Waals surface area contributed by atoms with E-state index < -0.39 is 24.2 Å². The third-order valence-electron chi connectivity index (χ3n) is 4.07. The van der Waals surface area contributed by atoms with E-state index in [0.717, 1.165) is 14.2 Å². The fourth-order valence-electron chi connectivity index (χ4n) is 2.46. The van der Waals surface area contributed by atoms with Crippen LogP contribution in [0.1, 0.15) is 20.7 Å². The van der Waals surface area contributed by atoms with Gasteiger partial charge in [-0.15, -0.1) is 0 Å².